The second kappa shape index (κ2) is 12.0. The van der Waals surface area contributed by atoms with Gasteiger partial charge < -0.3 is 10.1 Å². The van der Waals surface area contributed by atoms with Gasteiger partial charge in [-0.25, -0.2) is 16.8 Å². The number of nitrogens with one attached hydrogen (secondary N) is 3. The van der Waals surface area contributed by atoms with Gasteiger partial charge in [0.05, 0.1) is 16.4 Å². The molecule has 0 aromatic heterocycles. The SMILES string of the molecule is CCOc1ccc(NS(=O)(=O)c2ccc(NC(=O)c3ccc(C)c(S(=O)(=O)Nc4ccc(C)c(C)c4)c3)cc2)cc1. The van der Waals surface area contributed by atoms with Crippen LogP contribution in [0.4, 0.5) is 17.1 Å². The van der Waals surface area contributed by atoms with E-state index in [1.54, 1.807) is 49.4 Å². The molecule has 0 fully saturated rings. The van der Waals surface area contributed by atoms with Gasteiger partial charge in [0.25, 0.3) is 26.0 Å². The van der Waals surface area contributed by atoms with E-state index in [4.69, 9.17) is 4.74 Å². The first-order chi connectivity index (χ1) is 19.4. The van der Waals surface area contributed by atoms with Gasteiger partial charge in [-0.05, 0) is 117 Å². The van der Waals surface area contributed by atoms with E-state index in [0.717, 1.165) is 11.1 Å². The molecule has 0 heterocycles. The summed E-state index contributed by atoms with van der Waals surface area (Å²) in [4.78, 5) is 13.0. The Morgan fingerprint density at radius 1 is 0.659 bits per heavy atom. The minimum Gasteiger partial charge on any atom is -0.494 e. The lowest BCUT2D eigenvalue weighted by Gasteiger charge is -2.13. The molecule has 0 radical (unpaired) electrons. The minimum atomic E-state index is -3.97. The zero-order chi connectivity index (χ0) is 29.8. The number of rotatable bonds is 10. The number of anilines is 3. The maximum atomic E-state index is 13.1. The second-order valence-electron chi connectivity index (χ2n) is 9.43. The molecule has 1 amide bonds. The lowest BCUT2D eigenvalue weighted by Crippen LogP contribution is -2.17. The topological polar surface area (TPSA) is 131 Å². The molecule has 11 heteroatoms. The normalized spacial score (nSPS) is 11.5. The molecule has 0 bridgehead atoms. The first-order valence-electron chi connectivity index (χ1n) is 12.8. The summed E-state index contributed by atoms with van der Waals surface area (Å²) in [5.41, 5.74) is 3.74. The number of hydrogen-bond acceptors (Lipinski definition) is 6. The molecule has 0 saturated carbocycles. The molecule has 0 aliphatic heterocycles. The van der Waals surface area contributed by atoms with Crippen LogP contribution in [0, 0.1) is 20.8 Å². The van der Waals surface area contributed by atoms with Crippen molar-refractivity contribution in [2.75, 3.05) is 21.4 Å². The van der Waals surface area contributed by atoms with E-state index >= 15 is 0 Å². The van der Waals surface area contributed by atoms with Crippen LogP contribution in [0.25, 0.3) is 0 Å². The summed E-state index contributed by atoms with van der Waals surface area (Å²) < 4.78 is 62.4. The highest BCUT2D eigenvalue weighted by atomic mass is 32.2. The van der Waals surface area contributed by atoms with Crippen LogP contribution in [0.3, 0.4) is 0 Å². The Kier molecular flexibility index (Phi) is 8.69. The van der Waals surface area contributed by atoms with Crippen molar-refractivity contribution in [1.29, 1.82) is 0 Å². The Morgan fingerprint density at radius 3 is 1.88 bits per heavy atom. The molecule has 4 aromatic rings. The van der Waals surface area contributed by atoms with Crippen molar-refractivity contribution in [2.24, 2.45) is 0 Å². The highest BCUT2D eigenvalue weighted by Gasteiger charge is 2.20. The lowest BCUT2D eigenvalue weighted by atomic mass is 10.1. The summed E-state index contributed by atoms with van der Waals surface area (Å²) in [5, 5.41) is 2.68. The van der Waals surface area contributed by atoms with Crippen LogP contribution in [0.1, 0.15) is 34.0 Å². The van der Waals surface area contributed by atoms with E-state index < -0.39 is 26.0 Å². The summed E-state index contributed by atoms with van der Waals surface area (Å²) >= 11 is 0. The Bertz CT molecular complexity index is 1790. The van der Waals surface area contributed by atoms with Crippen LogP contribution in [-0.4, -0.2) is 29.3 Å². The Hall–Kier alpha value is -4.35. The number of amides is 1. The minimum absolute atomic E-state index is 0.00511. The predicted octanol–water partition coefficient (Wildman–Crippen LogP) is 5.86. The van der Waals surface area contributed by atoms with Gasteiger partial charge in [0.1, 0.15) is 5.75 Å². The fraction of sp³-hybridized carbons (Fsp3) is 0.167. The highest BCUT2D eigenvalue weighted by molar-refractivity contribution is 7.93. The van der Waals surface area contributed by atoms with Gasteiger partial charge in [-0.1, -0.05) is 12.1 Å². The molecule has 0 aliphatic carbocycles. The standard InChI is InChI=1S/C30H31N3O6S2/c1-5-39-27-14-10-25(11-15-27)32-40(35,36)28-16-12-24(13-17-28)31-30(34)23-8-6-21(3)29(19-23)41(37,38)33-26-9-7-20(2)22(4)18-26/h6-19,32-33H,5H2,1-4H3,(H,31,34). The molecule has 4 aromatic carbocycles. The van der Waals surface area contributed by atoms with Crippen molar-refractivity contribution in [2.45, 2.75) is 37.5 Å². The van der Waals surface area contributed by atoms with Gasteiger partial charge >= 0.3 is 0 Å². The highest BCUT2D eigenvalue weighted by Crippen LogP contribution is 2.24. The zero-order valence-corrected chi connectivity index (χ0v) is 24.7. The number of carbonyl (C=O) groups is 1. The average molecular weight is 594 g/mol. The molecule has 0 saturated heterocycles. The predicted molar refractivity (Wildman–Crippen MR) is 161 cm³/mol. The van der Waals surface area contributed by atoms with E-state index in [2.05, 4.69) is 14.8 Å². The van der Waals surface area contributed by atoms with Gasteiger partial charge in [0, 0.05) is 22.6 Å². The van der Waals surface area contributed by atoms with Crippen LogP contribution in [0.15, 0.2) is 94.7 Å². The van der Waals surface area contributed by atoms with Gasteiger partial charge in [-0.15, -0.1) is 0 Å². The Morgan fingerprint density at radius 2 is 1.24 bits per heavy atom. The monoisotopic (exact) mass is 593 g/mol. The maximum absolute atomic E-state index is 13.1. The molecule has 0 unspecified atom stereocenters. The number of hydrogen-bond donors (Lipinski definition) is 3. The molecule has 0 aliphatic rings. The molecule has 41 heavy (non-hydrogen) atoms. The van der Waals surface area contributed by atoms with Crippen LogP contribution in [-0.2, 0) is 20.0 Å². The van der Waals surface area contributed by atoms with Crippen LogP contribution >= 0.6 is 0 Å². The van der Waals surface area contributed by atoms with Crippen molar-refractivity contribution < 1.29 is 26.4 Å². The van der Waals surface area contributed by atoms with Crippen LogP contribution in [0.2, 0.25) is 0 Å². The quantitative estimate of drug-likeness (QED) is 0.211. The summed E-state index contributed by atoms with van der Waals surface area (Å²) in [7, 11) is -7.84. The van der Waals surface area contributed by atoms with E-state index in [9.17, 15) is 21.6 Å². The fourth-order valence-corrected chi connectivity index (χ4v) is 6.35. The zero-order valence-electron chi connectivity index (χ0n) is 23.1. The molecular formula is C30H31N3O6S2. The third-order valence-corrected chi connectivity index (χ3v) is 9.26. The van der Waals surface area contributed by atoms with Gasteiger partial charge in [-0.3, -0.25) is 14.2 Å². The van der Waals surface area contributed by atoms with Crippen molar-refractivity contribution >= 4 is 43.0 Å². The molecular weight excluding hydrogens is 562 g/mol. The van der Waals surface area contributed by atoms with E-state index in [0.29, 0.717) is 35.0 Å². The number of aryl methyl sites for hydroxylation is 3. The lowest BCUT2D eigenvalue weighted by molar-refractivity contribution is 0.102. The molecule has 0 atom stereocenters. The molecule has 4 rings (SSSR count). The van der Waals surface area contributed by atoms with Crippen molar-refractivity contribution in [3.8, 4) is 5.75 Å². The Balaban J connectivity index is 1.47. The molecule has 9 nitrogen and oxygen atoms in total. The van der Waals surface area contributed by atoms with E-state index in [1.165, 1.54) is 36.4 Å². The van der Waals surface area contributed by atoms with Crippen molar-refractivity contribution in [1.82, 2.24) is 0 Å². The van der Waals surface area contributed by atoms with Gasteiger partial charge in [0.15, 0.2) is 0 Å². The van der Waals surface area contributed by atoms with Gasteiger partial charge in [-0.2, -0.15) is 0 Å². The number of benzene rings is 4. The Labute approximate surface area is 240 Å². The average Bonchev–Trinajstić information content (AvgIpc) is 2.92. The largest absolute Gasteiger partial charge is 0.494 e. The van der Waals surface area contributed by atoms with Crippen LogP contribution in [0.5, 0.6) is 5.75 Å². The number of carbonyl (C=O) groups excluding carboxylic acids is 1. The fourth-order valence-electron chi connectivity index (χ4n) is 3.97. The summed E-state index contributed by atoms with van der Waals surface area (Å²) in [5.74, 6) is 0.0854. The van der Waals surface area contributed by atoms with Crippen molar-refractivity contribution in [3.05, 3.63) is 107 Å². The summed E-state index contributed by atoms with van der Waals surface area (Å²) in [6.45, 7) is 7.84. The third kappa shape index (κ3) is 7.24. The smallest absolute Gasteiger partial charge is 0.262 e. The van der Waals surface area contributed by atoms with Crippen LogP contribution < -0.4 is 19.5 Å². The van der Waals surface area contributed by atoms with Crippen molar-refractivity contribution in [3.63, 3.8) is 0 Å². The maximum Gasteiger partial charge on any atom is 0.262 e. The number of sulfonamides is 2. The number of ether oxygens (including phenoxy) is 1. The van der Waals surface area contributed by atoms with Gasteiger partial charge in [0.2, 0.25) is 0 Å². The summed E-state index contributed by atoms with van der Waals surface area (Å²) in [6.07, 6.45) is 0. The first-order valence-corrected chi connectivity index (χ1v) is 15.7. The summed E-state index contributed by atoms with van der Waals surface area (Å²) in [6, 6.07) is 21.8. The molecule has 214 valence electrons. The van der Waals surface area contributed by atoms with E-state index in [-0.39, 0.29) is 15.4 Å². The first kappa shape index (κ1) is 29.6. The molecule has 0 spiro atoms. The third-order valence-electron chi connectivity index (χ3n) is 6.34. The second-order valence-corrected chi connectivity index (χ2v) is 12.8. The van der Waals surface area contributed by atoms with E-state index in [1.807, 2.05) is 26.8 Å². The molecule has 3 N–H and O–H groups in total.